The molecular weight excluding hydrogens is 250 g/mol. The number of hydrogen-bond donors (Lipinski definition) is 1. The quantitative estimate of drug-likeness (QED) is 0.807. The van der Waals surface area contributed by atoms with Gasteiger partial charge >= 0.3 is 0 Å². The summed E-state index contributed by atoms with van der Waals surface area (Å²) in [6, 6.07) is 0.389. The van der Waals surface area contributed by atoms with Crippen molar-refractivity contribution in [3.63, 3.8) is 0 Å². The third-order valence-electron chi connectivity index (χ3n) is 4.66. The minimum atomic E-state index is 0.253. The van der Waals surface area contributed by atoms with E-state index in [9.17, 15) is 4.79 Å². The van der Waals surface area contributed by atoms with Gasteiger partial charge in [0.15, 0.2) is 0 Å². The van der Waals surface area contributed by atoms with E-state index in [2.05, 4.69) is 22.0 Å². The maximum atomic E-state index is 12.0. The fraction of sp³-hybridized carbons (Fsp3) is 0.938. The molecule has 4 heteroatoms. The second-order valence-corrected chi connectivity index (χ2v) is 6.31. The van der Waals surface area contributed by atoms with E-state index >= 15 is 0 Å². The van der Waals surface area contributed by atoms with E-state index in [0.717, 1.165) is 39.0 Å². The maximum absolute atomic E-state index is 12.0. The van der Waals surface area contributed by atoms with Crippen LogP contribution in [-0.2, 0) is 4.79 Å². The highest BCUT2D eigenvalue weighted by Gasteiger charge is 2.22. The largest absolute Gasteiger partial charge is 0.352 e. The number of carbonyl (C=O) groups excluding carboxylic acids is 1. The summed E-state index contributed by atoms with van der Waals surface area (Å²) in [6.45, 7) is 9.01. The van der Waals surface area contributed by atoms with Gasteiger partial charge in [-0.2, -0.15) is 0 Å². The lowest BCUT2D eigenvalue weighted by Gasteiger charge is -2.19. The molecule has 2 rings (SSSR count). The molecule has 0 bridgehead atoms. The van der Waals surface area contributed by atoms with Crippen LogP contribution in [0, 0.1) is 0 Å². The zero-order chi connectivity index (χ0) is 14.2. The summed E-state index contributed by atoms with van der Waals surface area (Å²) in [5.74, 6) is 0.253. The minimum absolute atomic E-state index is 0.253. The second-order valence-electron chi connectivity index (χ2n) is 6.31. The van der Waals surface area contributed by atoms with Gasteiger partial charge in [0, 0.05) is 25.6 Å². The normalized spacial score (nSPS) is 25.6. The summed E-state index contributed by atoms with van der Waals surface area (Å²) >= 11 is 0. The molecule has 4 nitrogen and oxygen atoms in total. The van der Waals surface area contributed by atoms with Crippen molar-refractivity contribution in [2.45, 2.75) is 57.9 Å². The highest BCUT2D eigenvalue weighted by molar-refractivity contribution is 5.76. The van der Waals surface area contributed by atoms with Gasteiger partial charge in [0.25, 0.3) is 0 Å². The number of likely N-dealkylation sites (tertiary alicyclic amines) is 2. The van der Waals surface area contributed by atoms with Crippen LogP contribution in [0.1, 0.15) is 51.9 Å². The monoisotopic (exact) mass is 281 g/mol. The van der Waals surface area contributed by atoms with Gasteiger partial charge in [0.2, 0.25) is 5.91 Å². The van der Waals surface area contributed by atoms with Crippen molar-refractivity contribution in [2.24, 2.45) is 0 Å². The fourth-order valence-electron chi connectivity index (χ4n) is 3.36. The summed E-state index contributed by atoms with van der Waals surface area (Å²) in [7, 11) is 0. The molecule has 1 unspecified atom stereocenters. The van der Waals surface area contributed by atoms with Crippen molar-refractivity contribution in [1.82, 2.24) is 15.1 Å². The number of carbonyl (C=O) groups is 1. The van der Waals surface area contributed by atoms with Crippen LogP contribution in [0.15, 0.2) is 0 Å². The van der Waals surface area contributed by atoms with E-state index in [1.165, 1.54) is 38.8 Å². The standard InChI is InChI=1S/C16H31N3O/c1-2-18-13-9-15(14-18)17-16(20)8-7-12-19-10-5-3-4-6-11-19/h15H,2-14H2,1H3,(H,17,20). The molecule has 1 amide bonds. The molecule has 0 saturated carbocycles. The van der Waals surface area contributed by atoms with Gasteiger partial charge < -0.3 is 15.1 Å². The Bertz CT molecular complexity index is 287. The molecule has 2 heterocycles. The van der Waals surface area contributed by atoms with Gasteiger partial charge in [-0.1, -0.05) is 19.8 Å². The Labute approximate surface area is 123 Å². The van der Waals surface area contributed by atoms with Crippen molar-refractivity contribution >= 4 is 5.91 Å². The molecule has 116 valence electrons. The lowest BCUT2D eigenvalue weighted by Crippen LogP contribution is -2.37. The number of nitrogens with zero attached hydrogens (tertiary/aromatic N) is 2. The molecule has 0 radical (unpaired) electrons. The van der Waals surface area contributed by atoms with E-state index < -0.39 is 0 Å². The molecular formula is C16H31N3O. The minimum Gasteiger partial charge on any atom is -0.352 e. The Morgan fingerprint density at radius 3 is 2.50 bits per heavy atom. The summed E-state index contributed by atoms with van der Waals surface area (Å²) in [6.07, 6.45) is 8.25. The molecule has 2 aliphatic rings. The molecule has 1 N–H and O–H groups in total. The van der Waals surface area contributed by atoms with Gasteiger partial charge in [-0.3, -0.25) is 4.79 Å². The Morgan fingerprint density at radius 2 is 1.85 bits per heavy atom. The third kappa shape index (κ3) is 5.41. The van der Waals surface area contributed by atoms with Crippen LogP contribution < -0.4 is 5.32 Å². The smallest absolute Gasteiger partial charge is 0.220 e. The number of rotatable bonds is 6. The first-order valence-corrected chi connectivity index (χ1v) is 8.52. The Kier molecular flexibility index (Phi) is 6.80. The fourth-order valence-corrected chi connectivity index (χ4v) is 3.36. The summed E-state index contributed by atoms with van der Waals surface area (Å²) < 4.78 is 0. The molecule has 0 aromatic rings. The van der Waals surface area contributed by atoms with Gasteiger partial charge in [0.1, 0.15) is 0 Å². The third-order valence-corrected chi connectivity index (χ3v) is 4.66. The number of nitrogens with one attached hydrogen (secondary N) is 1. The van der Waals surface area contributed by atoms with Crippen molar-refractivity contribution in [3.8, 4) is 0 Å². The van der Waals surface area contributed by atoms with Crippen molar-refractivity contribution in [1.29, 1.82) is 0 Å². The van der Waals surface area contributed by atoms with E-state index in [-0.39, 0.29) is 5.91 Å². The number of likely N-dealkylation sites (N-methyl/N-ethyl adjacent to an activating group) is 1. The topological polar surface area (TPSA) is 35.6 Å². The first kappa shape index (κ1) is 15.8. The molecule has 2 fully saturated rings. The molecule has 2 saturated heterocycles. The van der Waals surface area contributed by atoms with E-state index in [0.29, 0.717) is 12.5 Å². The van der Waals surface area contributed by atoms with Gasteiger partial charge in [-0.25, -0.2) is 0 Å². The lowest BCUT2D eigenvalue weighted by atomic mass is 10.2. The zero-order valence-electron chi connectivity index (χ0n) is 13.1. The zero-order valence-corrected chi connectivity index (χ0v) is 13.1. The van der Waals surface area contributed by atoms with Crippen LogP contribution >= 0.6 is 0 Å². The number of amides is 1. The summed E-state index contributed by atoms with van der Waals surface area (Å²) in [5, 5.41) is 3.19. The van der Waals surface area contributed by atoms with Crippen LogP contribution in [0.2, 0.25) is 0 Å². The van der Waals surface area contributed by atoms with Crippen LogP contribution in [0.4, 0.5) is 0 Å². The van der Waals surface area contributed by atoms with Gasteiger partial charge in [0.05, 0.1) is 0 Å². The van der Waals surface area contributed by atoms with Crippen molar-refractivity contribution < 1.29 is 4.79 Å². The highest BCUT2D eigenvalue weighted by Crippen LogP contribution is 2.11. The highest BCUT2D eigenvalue weighted by atomic mass is 16.1. The Hall–Kier alpha value is -0.610. The molecule has 0 aliphatic carbocycles. The average Bonchev–Trinajstić information content (AvgIpc) is 2.73. The van der Waals surface area contributed by atoms with Crippen LogP contribution in [0.25, 0.3) is 0 Å². The van der Waals surface area contributed by atoms with Crippen molar-refractivity contribution in [2.75, 3.05) is 39.3 Å². The molecule has 0 spiro atoms. The molecule has 0 aromatic carbocycles. The molecule has 2 aliphatic heterocycles. The first-order valence-electron chi connectivity index (χ1n) is 8.52. The Balaban J connectivity index is 1.56. The second kappa shape index (κ2) is 8.63. The van der Waals surface area contributed by atoms with E-state index in [1.54, 1.807) is 0 Å². The van der Waals surface area contributed by atoms with Crippen LogP contribution in [0.5, 0.6) is 0 Å². The molecule has 0 aromatic heterocycles. The Morgan fingerprint density at radius 1 is 1.10 bits per heavy atom. The summed E-state index contributed by atoms with van der Waals surface area (Å²) in [5.41, 5.74) is 0. The average molecular weight is 281 g/mol. The SMILES string of the molecule is CCN1CCC(NC(=O)CCCN2CCCCCC2)C1. The van der Waals surface area contributed by atoms with E-state index in [4.69, 9.17) is 0 Å². The van der Waals surface area contributed by atoms with E-state index in [1.807, 2.05) is 0 Å². The lowest BCUT2D eigenvalue weighted by molar-refractivity contribution is -0.121. The van der Waals surface area contributed by atoms with Crippen LogP contribution in [-0.4, -0.2) is 61.0 Å². The number of hydrogen-bond acceptors (Lipinski definition) is 3. The van der Waals surface area contributed by atoms with Crippen molar-refractivity contribution in [3.05, 3.63) is 0 Å². The van der Waals surface area contributed by atoms with Gasteiger partial charge in [-0.15, -0.1) is 0 Å². The predicted molar refractivity (Wildman–Crippen MR) is 82.8 cm³/mol. The molecule has 20 heavy (non-hydrogen) atoms. The van der Waals surface area contributed by atoms with Crippen LogP contribution in [0.3, 0.4) is 0 Å². The first-order chi connectivity index (χ1) is 9.78. The molecule has 1 atom stereocenters. The summed E-state index contributed by atoms with van der Waals surface area (Å²) in [4.78, 5) is 16.9. The van der Waals surface area contributed by atoms with Gasteiger partial charge in [-0.05, 0) is 51.9 Å². The maximum Gasteiger partial charge on any atom is 0.220 e. The predicted octanol–water partition coefficient (Wildman–Crippen LogP) is 1.85.